The Kier molecular flexibility index (Phi) is 6.58. The molecule has 3 amide bonds. The number of hydrogen-bond donors (Lipinski definition) is 3. The van der Waals surface area contributed by atoms with Crippen molar-refractivity contribution in [1.29, 1.82) is 0 Å². The molecule has 0 aliphatic carbocycles. The van der Waals surface area contributed by atoms with Crippen molar-refractivity contribution in [2.24, 2.45) is 0 Å². The lowest BCUT2D eigenvalue weighted by molar-refractivity contribution is -0.133. The highest BCUT2D eigenvalue weighted by atomic mass is 35.5. The van der Waals surface area contributed by atoms with E-state index >= 15 is 0 Å². The number of halogens is 2. The summed E-state index contributed by atoms with van der Waals surface area (Å²) in [5.41, 5.74) is 5.99. The van der Waals surface area contributed by atoms with Crippen LogP contribution in [0, 0.1) is 13.8 Å². The zero-order valence-corrected chi connectivity index (χ0v) is 19.8. The molecular weight excluding hydrogens is 475 g/mol. The fraction of sp³-hybridized carbons (Fsp3) is 0.0800. The molecular formula is C25H20Cl2N4O3. The SMILES string of the molecule is Cc1cc(C)cc(NC(=O)C(=O)Nn2c(C(=O)Nc3cccc(Cl)c3)cc3cc(Cl)ccc32)c1. The third-order valence-corrected chi connectivity index (χ3v) is 5.45. The van der Waals surface area contributed by atoms with Crippen molar-refractivity contribution < 1.29 is 14.4 Å². The number of carbonyl (C=O) groups excluding carboxylic acids is 3. The van der Waals surface area contributed by atoms with E-state index in [4.69, 9.17) is 23.2 Å². The first-order chi connectivity index (χ1) is 16.2. The predicted octanol–water partition coefficient (Wildman–Crippen LogP) is 5.53. The van der Waals surface area contributed by atoms with E-state index in [9.17, 15) is 14.4 Å². The molecule has 172 valence electrons. The molecule has 0 unspecified atom stereocenters. The fourth-order valence-corrected chi connectivity index (χ4v) is 3.99. The number of hydrogen-bond acceptors (Lipinski definition) is 3. The second-order valence-corrected chi connectivity index (χ2v) is 8.68. The van der Waals surface area contributed by atoms with Crippen molar-refractivity contribution in [2.45, 2.75) is 13.8 Å². The summed E-state index contributed by atoms with van der Waals surface area (Å²) in [6, 6.07) is 18.6. The van der Waals surface area contributed by atoms with Crippen molar-refractivity contribution in [1.82, 2.24) is 4.68 Å². The summed E-state index contributed by atoms with van der Waals surface area (Å²) in [5.74, 6) is -2.32. The minimum atomic E-state index is -0.941. The summed E-state index contributed by atoms with van der Waals surface area (Å²) in [5, 5.41) is 6.86. The molecule has 0 saturated heterocycles. The van der Waals surface area contributed by atoms with Gasteiger partial charge in [0.2, 0.25) is 0 Å². The van der Waals surface area contributed by atoms with Crippen LogP contribution in [0.5, 0.6) is 0 Å². The molecule has 1 heterocycles. The molecule has 0 fully saturated rings. The summed E-state index contributed by atoms with van der Waals surface area (Å²) in [6.07, 6.45) is 0. The first kappa shape index (κ1) is 23.4. The topological polar surface area (TPSA) is 92.2 Å². The van der Waals surface area contributed by atoms with Gasteiger partial charge in [-0.1, -0.05) is 35.3 Å². The van der Waals surface area contributed by atoms with Gasteiger partial charge in [-0.05, 0) is 79.6 Å². The minimum Gasteiger partial charge on any atom is -0.321 e. The van der Waals surface area contributed by atoms with E-state index in [2.05, 4.69) is 16.1 Å². The number of benzene rings is 3. The van der Waals surface area contributed by atoms with Gasteiger partial charge in [-0.25, -0.2) is 4.68 Å². The van der Waals surface area contributed by atoms with Crippen LogP contribution in [0.1, 0.15) is 21.6 Å². The smallest absolute Gasteiger partial charge is 0.321 e. The summed E-state index contributed by atoms with van der Waals surface area (Å²) < 4.78 is 1.26. The number of nitrogens with one attached hydrogen (secondary N) is 3. The van der Waals surface area contributed by atoms with Crippen LogP contribution >= 0.6 is 23.2 Å². The van der Waals surface area contributed by atoms with E-state index in [1.165, 1.54) is 4.68 Å². The van der Waals surface area contributed by atoms with E-state index in [-0.39, 0.29) is 5.69 Å². The maximum absolute atomic E-state index is 13.1. The number of nitrogens with zero attached hydrogens (tertiary/aromatic N) is 1. The number of amides is 3. The highest BCUT2D eigenvalue weighted by molar-refractivity contribution is 6.42. The third kappa shape index (κ3) is 5.22. The first-order valence-electron chi connectivity index (χ1n) is 10.3. The fourth-order valence-electron chi connectivity index (χ4n) is 3.62. The van der Waals surface area contributed by atoms with Gasteiger partial charge in [-0.15, -0.1) is 0 Å². The maximum Gasteiger partial charge on any atom is 0.328 e. The Morgan fingerprint density at radius 1 is 0.735 bits per heavy atom. The molecule has 3 aromatic carbocycles. The second-order valence-electron chi connectivity index (χ2n) is 7.80. The van der Waals surface area contributed by atoms with Crippen molar-refractivity contribution in [3.8, 4) is 0 Å². The lowest BCUT2D eigenvalue weighted by Crippen LogP contribution is -2.36. The van der Waals surface area contributed by atoms with Crippen LogP contribution in [-0.4, -0.2) is 22.4 Å². The molecule has 3 N–H and O–H groups in total. The molecule has 4 aromatic rings. The van der Waals surface area contributed by atoms with Crippen molar-refractivity contribution in [2.75, 3.05) is 16.1 Å². The zero-order valence-electron chi connectivity index (χ0n) is 18.3. The summed E-state index contributed by atoms with van der Waals surface area (Å²) in [7, 11) is 0. The standard InChI is InChI=1S/C25H20Cl2N4O3/c1-14-8-15(2)10-20(9-14)29-24(33)25(34)30-31-21-7-6-18(27)11-16(21)12-22(31)23(32)28-19-5-3-4-17(26)13-19/h3-13H,1-2H3,(H,28,32)(H,29,33)(H,30,34). The quantitative estimate of drug-likeness (QED) is 0.326. The number of aromatic nitrogens is 1. The maximum atomic E-state index is 13.1. The van der Waals surface area contributed by atoms with Crippen LogP contribution in [-0.2, 0) is 9.59 Å². The highest BCUT2D eigenvalue weighted by Crippen LogP contribution is 2.24. The predicted molar refractivity (Wildman–Crippen MR) is 135 cm³/mol. The Morgan fingerprint density at radius 3 is 2.15 bits per heavy atom. The summed E-state index contributed by atoms with van der Waals surface area (Å²) in [6.45, 7) is 3.79. The van der Waals surface area contributed by atoms with E-state index in [0.717, 1.165) is 11.1 Å². The normalized spacial score (nSPS) is 10.7. The molecule has 0 aliphatic rings. The number of carbonyl (C=O) groups is 3. The number of rotatable bonds is 4. The molecule has 0 bridgehead atoms. The van der Waals surface area contributed by atoms with Crippen molar-refractivity contribution >= 4 is 63.2 Å². The van der Waals surface area contributed by atoms with Gasteiger partial charge in [0.05, 0.1) is 5.52 Å². The first-order valence-corrected chi connectivity index (χ1v) is 11.0. The molecule has 0 saturated carbocycles. The van der Waals surface area contributed by atoms with Crippen LogP contribution in [0.4, 0.5) is 11.4 Å². The van der Waals surface area contributed by atoms with Crippen LogP contribution in [0.25, 0.3) is 10.9 Å². The Morgan fingerprint density at radius 2 is 1.44 bits per heavy atom. The molecule has 0 radical (unpaired) electrons. The number of aryl methyl sites for hydroxylation is 2. The van der Waals surface area contributed by atoms with Gasteiger partial charge >= 0.3 is 11.8 Å². The molecule has 7 nitrogen and oxygen atoms in total. The Bertz CT molecular complexity index is 1430. The van der Waals surface area contributed by atoms with E-state index in [1.807, 2.05) is 19.9 Å². The van der Waals surface area contributed by atoms with Gasteiger partial charge in [0.15, 0.2) is 0 Å². The lowest BCUT2D eigenvalue weighted by Gasteiger charge is -2.13. The number of fused-ring (bicyclic) bond motifs is 1. The Hall–Kier alpha value is -3.81. The third-order valence-electron chi connectivity index (χ3n) is 4.98. The van der Waals surface area contributed by atoms with Gasteiger partial charge in [0, 0.05) is 26.8 Å². The molecule has 4 rings (SSSR count). The van der Waals surface area contributed by atoms with E-state index in [1.54, 1.807) is 60.7 Å². The van der Waals surface area contributed by atoms with Crippen molar-refractivity contribution in [3.05, 3.63) is 93.6 Å². The van der Waals surface area contributed by atoms with Crippen LogP contribution in [0.3, 0.4) is 0 Å². The largest absolute Gasteiger partial charge is 0.328 e. The minimum absolute atomic E-state index is 0.102. The van der Waals surface area contributed by atoms with Gasteiger partial charge in [0.25, 0.3) is 5.91 Å². The van der Waals surface area contributed by atoms with Crippen LogP contribution < -0.4 is 16.1 Å². The molecule has 0 atom stereocenters. The Labute approximate surface area is 205 Å². The Balaban J connectivity index is 1.63. The molecule has 9 heteroatoms. The highest BCUT2D eigenvalue weighted by Gasteiger charge is 2.21. The van der Waals surface area contributed by atoms with Gasteiger partial charge < -0.3 is 10.6 Å². The van der Waals surface area contributed by atoms with E-state index < -0.39 is 17.7 Å². The second kappa shape index (κ2) is 9.59. The number of anilines is 2. The van der Waals surface area contributed by atoms with Gasteiger partial charge in [-0.2, -0.15) is 0 Å². The molecule has 34 heavy (non-hydrogen) atoms. The zero-order chi connectivity index (χ0) is 24.4. The van der Waals surface area contributed by atoms with Gasteiger partial charge in [-0.3, -0.25) is 19.8 Å². The van der Waals surface area contributed by atoms with Crippen LogP contribution in [0.2, 0.25) is 10.0 Å². The molecule has 0 spiro atoms. The van der Waals surface area contributed by atoms with E-state index in [0.29, 0.717) is 32.3 Å². The molecule has 0 aliphatic heterocycles. The average molecular weight is 495 g/mol. The monoisotopic (exact) mass is 494 g/mol. The summed E-state index contributed by atoms with van der Waals surface area (Å²) >= 11 is 12.1. The van der Waals surface area contributed by atoms with Gasteiger partial charge in [0.1, 0.15) is 5.69 Å². The summed E-state index contributed by atoms with van der Waals surface area (Å²) in [4.78, 5) is 38.4. The van der Waals surface area contributed by atoms with Crippen LogP contribution in [0.15, 0.2) is 66.7 Å². The average Bonchev–Trinajstić information content (AvgIpc) is 3.10. The van der Waals surface area contributed by atoms with Crippen molar-refractivity contribution in [3.63, 3.8) is 0 Å². The lowest BCUT2D eigenvalue weighted by atomic mass is 10.1. The molecule has 1 aromatic heterocycles.